The fraction of sp³-hybridized carbons (Fsp3) is 0.538. The molecule has 1 aromatic rings. The number of carbonyl (C=O) groups excluding carboxylic acids is 1. The van der Waals surface area contributed by atoms with Crippen molar-refractivity contribution < 1.29 is 4.79 Å². The van der Waals surface area contributed by atoms with Crippen molar-refractivity contribution in [2.24, 2.45) is 0 Å². The van der Waals surface area contributed by atoms with E-state index in [1.165, 1.54) is 12.6 Å². The van der Waals surface area contributed by atoms with E-state index in [2.05, 4.69) is 29.3 Å². The van der Waals surface area contributed by atoms with Crippen LogP contribution in [0.4, 0.5) is 0 Å². The van der Waals surface area contributed by atoms with Crippen molar-refractivity contribution in [3.8, 4) is 0 Å². The lowest BCUT2D eigenvalue weighted by Crippen LogP contribution is -2.57. The lowest BCUT2D eigenvalue weighted by atomic mass is 9.75. The topological polar surface area (TPSA) is 45.2 Å². The predicted molar refractivity (Wildman–Crippen MR) is 71.8 cm³/mol. The highest BCUT2D eigenvalue weighted by Crippen LogP contribution is 2.35. The van der Waals surface area contributed by atoms with Crippen molar-refractivity contribution in [1.82, 2.24) is 15.2 Å². The standard InChI is InChI=1S/C13H18ClN3O/c1-17(2)13(5-3-6-13)9-16-12(18)10-8-15-7-4-11(10)14/h4,7-8H,3,5-6,9H2,1-2H3,(H,16,18). The van der Waals surface area contributed by atoms with Gasteiger partial charge >= 0.3 is 0 Å². The van der Waals surface area contributed by atoms with Gasteiger partial charge in [0.2, 0.25) is 0 Å². The number of likely N-dealkylation sites (N-methyl/N-ethyl adjacent to an activating group) is 1. The molecule has 0 unspecified atom stereocenters. The maximum atomic E-state index is 12.0. The van der Waals surface area contributed by atoms with Gasteiger partial charge in [0.05, 0.1) is 10.6 Å². The van der Waals surface area contributed by atoms with Crippen LogP contribution < -0.4 is 5.32 Å². The fourth-order valence-corrected chi connectivity index (χ4v) is 2.44. The number of hydrogen-bond donors (Lipinski definition) is 1. The van der Waals surface area contributed by atoms with E-state index in [0.717, 1.165) is 12.8 Å². The Kier molecular flexibility index (Phi) is 3.88. The first-order valence-electron chi connectivity index (χ1n) is 6.10. The monoisotopic (exact) mass is 267 g/mol. The summed E-state index contributed by atoms with van der Waals surface area (Å²) in [6, 6.07) is 1.63. The molecule has 0 atom stereocenters. The van der Waals surface area contributed by atoms with E-state index >= 15 is 0 Å². The Morgan fingerprint density at radius 2 is 2.28 bits per heavy atom. The first-order valence-corrected chi connectivity index (χ1v) is 6.48. The molecule has 1 aromatic heterocycles. The van der Waals surface area contributed by atoms with Crippen molar-refractivity contribution >= 4 is 17.5 Å². The second kappa shape index (κ2) is 5.24. The highest BCUT2D eigenvalue weighted by atomic mass is 35.5. The second-order valence-electron chi connectivity index (χ2n) is 5.01. The normalized spacial score (nSPS) is 17.3. The molecule has 0 aromatic carbocycles. The van der Waals surface area contributed by atoms with Crippen LogP contribution in [0.5, 0.6) is 0 Å². The van der Waals surface area contributed by atoms with Crippen LogP contribution in [0.15, 0.2) is 18.5 Å². The van der Waals surface area contributed by atoms with Gasteiger partial charge in [0.1, 0.15) is 0 Å². The number of halogens is 1. The van der Waals surface area contributed by atoms with E-state index in [1.807, 2.05) is 0 Å². The molecule has 1 amide bonds. The molecule has 1 N–H and O–H groups in total. The molecule has 1 fully saturated rings. The van der Waals surface area contributed by atoms with E-state index in [0.29, 0.717) is 17.1 Å². The van der Waals surface area contributed by atoms with Gasteiger partial charge in [-0.3, -0.25) is 9.78 Å². The number of rotatable bonds is 4. The van der Waals surface area contributed by atoms with Gasteiger partial charge in [0.15, 0.2) is 0 Å². The van der Waals surface area contributed by atoms with Crippen molar-refractivity contribution in [2.45, 2.75) is 24.8 Å². The van der Waals surface area contributed by atoms with E-state index in [-0.39, 0.29) is 11.4 Å². The van der Waals surface area contributed by atoms with Gasteiger partial charge in [-0.25, -0.2) is 0 Å². The average Bonchev–Trinajstić information content (AvgIpc) is 2.27. The quantitative estimate of drug-likeness (QED) is 0.907. The zero-order valence-corrected chi connectivity index (χ0v) is 11.5. The summed E-state index contributed by atoms with van der Waals surface area (Å²) in [6.07, 6.45) is 6.55. The third-order valence-electron chi connectivity index (χ3n) is 3.82. The molecule has 0 spiro atoms. The van der Waals surface area contributed by atoms with Crippen LogP contribution >= 0.6 is 11.6 Å². The third kappa shape index (κ3) is 2.49. The molecule has 0 bridgehead atoms. The summed E-state index contributed by atoms with van der Waals surface area (Å²) in [6.45, 7) is 0.657. The van der Waals surface area contributed by atoms with Crippen molar-refractivity contribution in [1.29, 1.82) is 0 Å². The highest BCUT2D eigenvalue weighted by molar-refractivity contribution is 6.33. The number of carbonyl (C=O) groups is 1. The Balaban J connectivity index is 1.99. The highest BCUT2D eigenvalue weighted by Gasteiger charge is 2.39. The lowest BCUT2D eigenvalue weighted by molar-refractivity contribution is 0.0557. The second-order valence-corrected chi connectivity index (χ2v) is 5.42. The number of pyridine rings is 1. The van der Waals surface area contributed by atoms with Crippen molar-refractivity contribution in [3.05, 3.63) is 29.0 Å². The molecule has 5 heteroatoms. The predicted octanol–water partition coefficient (Wildman–Crippen LogP) is 1.95. The molecular formula is C13H18ClN3O. The van der Waals surface area contributed by atoms with Crippen molar-refractivity contribution in [3.63, 3.8) is 0 Å². The lowest BCUT2D eigenvalue weighted by Gasteiger charge is -2.47. The Hall–Kier alpha value is -1.13. The summed E-state index contributed by atoms with van der Waals surface area (Å²) >= 11 is 5.97. The molecule has 1 saturated carbocycles. The Morgan fingerprint density at radius 1 is 1.56 bits per heavy atom. The molecule has 1 heterocycles. The molecule has 1 aliphatic carbocycles. The summed E-state index contributed by atoms with van der Waals surface area (Å²) in [5, 5.41) is 3.40. The smallest absolute Gasteiger partial charge is 0.254 e. The van der Waals surface area contributed by atoms with Gasteiger partial charge in [-0.2, -0.15) is 0 Å². The largest absolute Gasteiger partial charge is 0.350 e. The average molecular weight is 268 g/mol. The third-order valence-corrected chi connectivity index (χ3v) is 4.15. The van der Waals surface area contributed by atoms with E-state index < -0.39 is 0 Å². The summed E-state index contributed by atoms with van der Waals surface area (Å²) in [5.74, 6) is -0.152. The SMILES string of the molecule is CN(C)C1(CNC(=O)c2cnccc2Cl)CCC1. The van der Waals surface area contributed by atoms with Gasteiger partial charge in [0, 0.05) is 24.5 Å². The number of nitrogens with one attached hydrogen (secondary N) is 1. The van der Waals surface area contributed by atoms with Gasteiger partial charge in [-0.1, -0.05) is 11.6 Å². The Bertz CT molecular complexity index is 444. The van der Waals surface area contributed by atoms with E-state index in [1.54, 1.807) is 12.3 Å². The summed E-state index contributed by atoms with van der Waals surface area (Å²) in [7, 11) is 4.12. The van der Waals surface area contributed by atoms with Crippen LogP contribution in [-0.2, 0) is 0 Å². The first-order chi connectivity index (χ1) is 8.55. The maximum absolute atomic E-state index is 12.0. The Labute approximate surface area is 112 Å². The van der Waals surface area contributed by atoms with Crippen LogP contribution in [0.3, 0.4) is 0 Å². The number of nitrogens with zero attached hydrogens (tertiary/aromatic N) is 2. The van der Waals surface area contributed by atoms with Crippen LogP contribution in [-0.4, -0.2) is 42.0 Å². The van der Waals surface area contributed by atoms with Crippen LogP contribution in [0.1, 0.15) is 29.6 Å². The zero-order valence-electron chi connectivity index (χ0n) is 10.7. The van der Waals surface area contributed by atoms with E-state index in [9.17, 15) is 4.79 Å². The first kappa shape index (κ1) is 13.3. The molecular weight excluding hydrogens is 250 g/mol. The minimum Gasteiger partial charge on any atom is -0.350 e. The summed E-state index contributed by atoms with van der Waals surface area (Å²) in [5.41, 5.74) is 0.553. The molecule has 4 nitrogen and oxygen atoms in total. The molecule has 2 rings (SSSR count). The fourth-order valence-electron chi connectivity index (χ4n) is 2.25. The van der Waals surface area contributed by atoms with Crippen LogP contribution in [0, 0.1) is 0 Å². The molecule has 0 saturated heterocycles. The number of amides is 1. The van der Waals surface area contributed by atoms with Crippen LogP contribution in [0.25, 0.3) is 0 Å². The molecule has 0 radical (unpaired) electrons. The molecule has 0 aliphatic heterocycles. The molecule has 1 aliphatic rings. The van der Waals surface area contributed by atoms with Gasteiger partial charge in [0.25, 0.3) is 5.91 Å². The molecule has 98 valence electrons. The number of aromatic nitrogens is 1. The zero-order chi connectivity index (χ0) is 13.2. The van der Waals surface area contributed by atoms with Gasteiger partial charge in [-0.15, -0.1) is 0 Å². The maximum Gasteiger partial charge on any atom is 0.254 e. The van der Waals surface area contributed by atoms with E-state index in [4.69, 9.17) is 11.6 Å². The minimum atomic E-state index is -0.152. The number of hydrogen-bond acceptors (Lipinski definition) is 3. The van der Waals surface area contributed by atoms with Crippen LogP contribution in [0.2, 0.25) is 5.02 Å². The summed E-state index contributed by atoms with van der Waals surface area (Å²) in [4.78, 5) is 18.1. The molecule has 18 heavy (non-hydrogen) atoms. The van der Waals surface area contributed by atoms with Crippen molar-refractivity contribution in [2.75, 3.05) is 20.6 Å². The van der Waals surface area contributed by atoms with Gasteiger partial charge < -0.3 is 10.2 Å². The summed E-state index contributed by atoms with van der Waals surface area (Å²) < 4.78 is 0. The van der Waals surface area contributed by atoms with Gasteiger partial charge in [-0.05, 0) is 39.4 Å². The Morgan fingerprint density at radius 3 is 2.78 bits per heavy atom. The minimum absolute atomic E-state index is 0.115.